The summed E-state index contributed by atoms with van der Waals surface area (Å²) in [5, 5.41) is 8.87. The van der Waals surface area contributed by atoms with Crippen molar-refractivity contribution in [3.8, 4) is 0 Å². The molecule has 14 heavy (non-hydrogen) atoms. The number of nitrogens with two attached hydrogens (primary N) is 1. The number of carbonyl (C=O) groups is 1. The van der Waals surface area contributed by atoms with Crippen LogP contribution < -0.4 is 5.73 Å². The number of hydrogen-bond donors (Lipinski definition) is 2. The fourth-order valence-corrected chi connectivity index (χ4v) is 1.62. The van der Waals surface area contributed by atoms with Gasteiger partial charge in [0.15, 0.2) is 0 Å². The monoisotopic (exact) mass is 202 g/mol. The molecular weight excluding hydrogens is 180 g/mol. The van der Waals surface area contributed by atoms with Crippen LogP contribution in [0.3, 0.4) is 0 Å². The summed E-state index contributed by atoms with van der Waals surface area (Å²) in [4.78, 5) is 13.4. The molecule has 0 aromatic rings. The van der Waals surface area contributed by atoms with Gasteiger partial charge in [-0.15, -0.1) is 0 Å². The first-order chi connectivity index (χ1) is 6.71. The Balaban J connectivity index is 4.31. The Morgan fingerprint density at radius 2 is 2.00 bits per heavy atom. The van der Waals surface area contributed by atoms with Gasteiger partial charge >= 0.3 is 0 Å². The Morgan fingerprint density at radius 1 is 1.43 bits per heavy atom. The van der Waals surface area contributed by atoms with E-state index < -0.39 is 0 Å². The predicted octanol–water partition coefficient (Wildman–Crippen LogP) is 0.345. The third kappa shape index (κ3) is 4.07. The fourth-order valence-electron chi connectivity index (χ4n) is 1.62. The first-order valence-electron chi connectivity index (χ1n) is 5.31. The van der Waals surface area contributed by atoms with E-state index in [0.717, 1.165) is 12.8 Å². The molecule has 0 aromatic heterocycles. The Kier molecular flexibility index (Phi) is 7.42. The van der Waals surface area contributed by atoms with Crippen molar-refractivity contribution in [1.82, 2.24) is 4.90 Å². The molecule has 4 heteroatoms. The van der Waals surface area contributed by atoms with E-state index in [2.05, 4.69) is 0 Å². The summed E-state index contributed by atoms with van der Waals surface area (Å²) in [5.74, 6) is 0.0512. The van der Waals surface area contributed by atoms with E-state index in [4.69, 9.17) is 10.8 Å². The van der Waals surface area contributed by atoms with E-state index in [1.54, 1.807) is 4.90 Å². The highest BCUT2D eigenvalue weighted by molar-refractivity contribution is 5.76. The van der Waals surface area contributed by atoms with Crippen molar-refractivity contribution in [3.05, 3.63) is 0 Å². The molecule has 0 saturated carbocycles. The molecule has 0 aliphatic carbocycles. The molecule has 1 amide bonds. The van der Waals surface area contributed by atoms with E-state index in [9.17, 15) is 4.79 Å². The van der Waals surface area contributed by atoms with Gasteiger partial charge in [0, 0.05) is 25.6 Å². The minimum atomic E-state index is 0.0206. The molecule has 0 atom stereocenters. The quantitative estimate of drug-likeness (QED) is 0.626. The highest BCUT2D eigenvalue weighted by Gasteiger charge is 2.19. The van der Waals surface area contributed by atoms with Crippen LogP contribution in [-0.4, -0.2) is 41.7 Å². The second kappa shape index (κ2) is 7.76. The van der Waals surface area contributed by atoms with Crippen molar-refractivity contribution >= 4 is 5.91 Å². The molecule has 0 fully saturated rings. The van der Waals surface area contributed by atoms with Crippen LogP contribution in [0, 0.1) is 0 Å². The van der Waals surface area contributed by atoms with Crippen LogP contribution in [0.5, 0.6) is 0 Å². The van der Waals surface area contributed by atoms with Gasteiger partial charge in [0.1, 0.15) is 0 Å². The lowest BCUT2D eigenvalue weighted by molar-refractivity contribution is -0.134. The highest BCUT2D eigenvalue weighted by Crippen LogP contribution is 2.09. The minimum absolute atomic E-state index is 0.0206. The maximum atomic E-state index is 11.6. The van der Waals surface area contributed by atoms with Crippen LogP contribution in [0.2, 0.25) is 0 Å². The maximum Gasteiger partial charge on any atom is 0.224 e. The predicted molar refractivity (Wildman–Crippen MR) is 56.8 cm³/mol. The molecule has 0 rings (SSSR count). The van der Waals surface area contributed by atoms with Crippen molar-refractivity contribution in [2.24, 2.45) is 5.73 Å². The Bertz CT molecular complexity index is 158. The molecule has 0 spiro atoms. The summed E-state index contributed by atoms with van der Waals surface area (Å²) in [6.45, 7) is 4.92. The van der Waals surface area contributed by atoms with Gasteiger partial charge in [-0.05, 0) is 12.8 Å². The van der Waals surface area contributed by atoms with Crippen LogP contribution in [0.25, 0.3) is 0 Å². The molecule has 4 nitrogen and oxygen atoms in total. The van der Waals surface area contributed by atoms with E-state index in [1.807, 2.05) is 13.8 Å². The second-order valence-corrected chi connectivity index (χ2v) is 3.32. The Hall–Kier alpha value is -0.610. The van der Waals surface area contributed by atoms with Gasteiger partial charge in [0.05, 0.1) is 6.61 Å². The van der Waals surface area contributed by atoms with Gasteiger partial charge in [-0.25, -0.2) is 0 Å². The number of hydrogen-bond acceptors (Lipinski definition) is 3. The molecular formula is C10H22N2O2. The van der Waals surface area contributed by atoms with Crippen molar-refractivity contribution < 1.29 is 9.90 Å². The van der Waals surface area contributed by atoms with Crippen LogP contribution in [0.4, 0.5) is 0 Å². The van der Waals surface area contributed by atoms with Crippen LogP contribution in [0.15, 0.2) is 0 Å². The summed E-state index contributed by atoms with van der Waals surface area (Å²) in [7, 11) is 0. The number of amides is 1. The average molecular weight is 202 g/mol. The molecule has 0 saturated heterocycles. The summed E-state index contributed by atoms with van der Waals surface area (Å²) in [5.41, 5.74) is 5.34. The highest BCUT2D eigenvalue weighted by atomic mass is 16.3. The van der Waals surface area contributed by atoms with E-state index >= 15 is 0 Å². The molecule has 0 radical (unpaired) electrons. The third-order valence-corrected chi connectivity index (χ3v) is 2.40. The lowest BCUT2D eigenvalue weighted by Gasteiger charge is -2.30. The zero-order valence-electron chi connectivity index (χ0n) is 9.20. The molecule has 0 heterocycles. The number of aliphatic hydroxyl groups is 1. The van der Waals surface area contributed by atoms with E-state index in [1.165, 1.54) is 0 Å². The number of rotatable bonds is 7. The minimum Gasteiger partial charge on any atom is -0.395 e. The van der Waals surface area contributed by atoms with Gasteiger partial charge < -0.3 is 15.7 Å². The summed E-state index contributed by atoms with van der Waals surface area (Å²) >= 11 is 0. The van der Waals surface area contributed by atoms with Crippen molar-refractivity contribution in [2.45, 2.75) is 39.2 Å². The van der Waals surface area contributed by atoms with Gasteiger partial charge in [0.25, 0.3) is 0 Å². The molecule has 0 aliphatic heterocycles. The molecule has 0 aromatic carbocycles. The van der Waals surface area contributed by atoms with Crippen LogP contribution in [0.1, 0.15) is 33.1 Å². The molecule has 0 aliphatic rings. The number of carbonyl (C=O) groups excluding carboxylic acids is 1. The fraction of sp³-hybridized carbons (Fsp3) is 0.900. The average Bonchev–Trinajstić information content (AvgIpc) is 2.18. The molecule has 3 N–H and O–H groups in total. The topological polar surface area (TPSA) is 66.6 Å². The first kappa shape index (κ1) is 13.4. The molecule has 84 valence electrons. The zero-order chi connectivity index (χ0) is 11.0. The Labute approximate surface area is 86.1 Å². The zero-order valence-corrected chi connectivity index (χ0v) is 9.20. The first-order valence-corrected chi connectivity index (χ1v) is 5.31. The van der Waals surface area contributed by atoms with Crippen molar-refractivity contribution in [2.75, 3.05) is 19.7 Å². The van der Waals surface area contributed by atoms with E-state index in [0.29, 0.717) is 19.5 Å². The Morgan fingerprint density at radius 3 is 2.36 bits per heavy atom. The summed E-state index contributed by atoms with van der Waals surface area (Å²) < 4.78 is 0. The van der Waals surface area contributed by atoms with Gasteiger partial charge in [-0.2, -0.15) is 0 Å². The lowest BCUT2D eigenvalue weighted by atomic mass is 10.1. The molecule has 0 bridgehead atoms. The third-order valence-electron chi connectivity index (χ3n) is 2.40. The van der Waals surface area contributed by atoms with Crippen molar-refractivity contribution in [1.29, 1.82) is 0 Å². The largest absolute Gasteiger partial charge is 0.395 e. The summed E-state index contributed by atoms with van der Waals surface area (Å²) in [6, 6.07) is 0.237. The van der Waals surface area contributed by atoms with E-state index in [-0.39, 0.29) is 18.6 Å². The SMILES string of the molecule is CCC(CC)N(CCO)C(=O)CCN. The summed E-state index contributed by atoms with van der Waals surface area (Å²) in [6.07, 6.45) is 2.22. The smallest absolute Gasteiger partial charge is 0.224 e. The standard InChI is InChI=1S/C10H22N2O2/c1-3-9(4-2)12(7-8-13)10(14)5-6-11/h9,13H,3-8,11H2,1-2H3. The number of nitrogens with zero attached hydrogens (tertiary/aromatic N) is 1. The van der Waals surface area contributed by atoms with Gasteiger partial charge in [-0.3, -0.25) is 4.79 Å². The van der Waals surface area contributed by atoms with Crippen LogP contribution in [-0.2, 0) is 4.79 Å². The lowest BCUT2D eigenvalue weighted by Crippen LogP contribution is -2.42. The van der Waals surface area contributed by atoms with Crippen molar-refractivity contribution in [3.63, 3.8) is 0 Å². The van der Waals surface area contributed by atoms with Gasteiger partial charge in [-0.1, -0.05) is 13.8 Å². The normalized spacial score (nSPS) is 10.6. The van der Waals surface area contributed by atoms with Crippen LogP contribution >= 0.6 is 0 Å². The number of aliphatic hydroxyl groups excluding tert-OH is 1. The second-order valence-electron chi connectivity index (χ2n) is 3.32. The van der Waals surface area contributed by atoms with Gasteiger partial charge in [0.2, 0.25) is 5.91 Å². The molecule has 0 unspecified atom stereocenters. The maximum absolute atomic E-state index is 11.6.